The van der Waals surface area contributed by atoms with E-state index in [4.69, 9.17) is 14.2 Å². The van der Waals surface area contributed by atoms with Crippen molar-refractivity contribution in [3.8, 4) is 23.0 Å². The minimum atomic E-state index is -0.254. The predicted molar refractivity (Wildman–Crippen MR) is 138 cm³/mol. The zero-order chi connectivity index (χ0) is 26.2. The number of hydrogen-bond donors (Lipinski definition) is 1. The van der Waals surface area contributed by atoms with Crippen LogP contribution in [0, 0.1) is 11.2 Å². The standard InChI is InChI=1S/C29H31FN2O5/c1-35-24-16-20(17-25(36-2)26(24)37-3)28(34)31-14-12-29(13-15-31)18-32(23-7-5-4-6-22(23)30)27(29)19-8-10-21(33)11-9-19/h4-11,16-17,27,33H,12-15,18H2,1-3H3. The van der Waals surface area contributed by atoms with Gasteiger partial charge in [-0.15, -0.1) is 0 Å². The Morgan fingerprint density at radius 3 is 2.14 bits per heavy atom. The number of phenolic OH excluding ortho intramolecular Hbond substituents is 1. The quantitative estimate of drug-likeness (QED) is 0.505. The maximum atomic E-state index is 14.7. The number of carbonyl (C=O) groups is 1. The number of amides is 1. The number of methoxy groups -OCH3 is 3. The summed E-state index contributed by atoms with van der Waals surface area (Å²) < 4.78 is 31.0. The molecule has 7 nitrogen and oxygen atoms in total. The Morgan fingerprint density at radius 1 is 0.946 bits per heavy atom. The molecule has 0 radical (unpaired) electrons. The number of halogens is 1. The molecule has 8 heteroatoms. The van der Waals surface area contributed by atoms with Crippen molar-refractivity contribution >= 4 is 11.6 Å². The molecule has 1 N–H and O–H groups in total. The molecule has 0 saturated carbocycles. The minimum Gasteiger partial charge on any atom is -0.508 e. The molecule has 5 rings (SSSR count). The first kappa shape index (κ1) is 24.7. The number of anilines is 1. The average molecular weight is 507 g/mol. The molecule has 2 heterocycles. The first-order chi connectivity index (χ1) is 17.9. The lowest BCUT2D eigenvalue weighted by atomic mass is 9.63. The molecule has 1 amide bonds. The number of ether oxygens (including phenoxy) is 3. The molecule has 0 bridgehead atoms. The SMILES string of the molecule is COc1cc(C(=O)N2CCC3(CC2)CN(c2ccccc2F)C3c2ccc(O)cc2)cc(OC)c1OC. The number of benzene rings is 3. The number of likely N-dealkylation sites (tertiary alicyclic amines) is 1. The molecule has 1 atom stereocenters. The van der Waals surface area contributed by atoms with Gasteiger partial charge in [0.25, 0.3) is 5.91 Å². The van der Waals surface area contributed by atoms with Gasteiger partial charge in [-0.25, -0.2) is 4.39 Å². The zero-order valence-corrected chi connectivity index (χ0v) is 21.2. The van der Waals surface area contributed by atoms with Crippen LogP contribution in [0.5, 0.6) is 23.0 Å². The van der Waals surface area contributed by atoms with Crippen molar-refractivity contribution in [2.75, 3.05) is 45.9 Å². The summed E-state index contributed by atoms with van der Waals surface area (Å²) in [5.74, 6) is 1.16. The number of hydrogen-bond acceptors (Lipinski definition) is 6. The Kier molecular flexibility index (Phi) is 6.58. The summed E-state index contributed by atoms with van der Waals surface area (Å²) >= 11 is 0. The van der Waals surface area contributed by atoms with Crippen molar-refractivity contribution in [3.63, 3.8) is 0 Å². The van der Waals surface area contributed by atoms with E-state index < -0.39 is 0 Å². The normalized spacial score (nSPS) is 18.3. The smallest absolute Gasteiger partial charge is 0.254 e. The number of aromatic hydroxyl groups is 1. The van der Waals surface area contributed by atoms with Crippen molar-refractivity contribution in [2.45, 2.75) is 18.9 Å². The van der Waals surface area contributed by atoms with Crippen LogP contribution < -0.4 is 19.1 Å². The van der Waals surface area contributed by atoms with Gasteiger partial charge in [-0.05, 0) is 54.8 Å². The summed E-state index contributed by atoms with van der Waals surface area (Å²) in [7, 11) is 4.58. The van der Waals surface area contributed by atoms with Crippen molar-refractivity contribution in [3.05, 3.63) is 77.6 Å². The van der Waals surface area contributed by atoms with Crippen LogP contribution in [-0.4, -0.2) is 56.9 Å². The molecule has 2 fully saturated rings. The van der Waals surface area contributed by atoms with Gasteiger partial charge in [0, 0.05) is 30.6 Å². The van der Waals surface area contributed by atoms with Crippen LogP contribution in [-0.2, 0) is 0 Å². The molecule has 194 valence electrons. The fourth-order valence-corrected chi connectivity index (χ4v) is 5.81. The first-order valence-electron chi connectivity index (χ1n) is 12.3. The summed E-state index contributed by atoms with van der Waals surface area (Å²) in [5.41, 5.74) is 1.96. The summed E-state index contributed by atoms with van der Waals surface area (Å²) in [4.78, 5) is 17.4. The van der Waals surface area contributed by atoms with E-state index in [1.54, 1.807) is 36.4 Å². The van der Waals surface area contributed by atoms with E-state index in [1.807, 2.05) is 23.1 Å². The van der Waals surface area contributed by atoms with Gasteiger partial charge in [0.05, 0.1) is 33.1 Å². The summed E-state index contributed by atoms with van der Waals surface area (Å²) in [6.07, 6.45) is 1.55. The molecule has 2 aliphatic heterocycles. The highest BCUT2D eigenvalue weighted by Crippen LogP contribution is 2.57. The van der Waals surface area contributed by atoms with Crippen LogP contribution in [0.4, 0.5) is 10.1 Å². The number of phenols is 1. The molecule has 3 aromatic carbocycles. The number of piperidine rings is 1. The van der Waals surface area contributed by atoms with Gasteiger partial charge in [0.15, 0.2) is 11.5 Å². The predicted octanol–water partition coefficient (Wildman–Crippen LogP) is 5.04. The molecule has 2 aliphatic rings. The summed E-state index contributed by atoms with van der Waals surface area (Å²) in [6, 6.07) is 17.3. The lowest BCUT2D eigenvalue weighted by molar-refractivity contribution is 0.0267. The van der Waals surface area contributed by atoms with E-state index in [1.165, 1.54) is 27.4 Å². The minimum absolute atomic E-state index is 0.0524. The third-order valence-electron chi connectivity index (χ3n) is 7.71. The Morgan fingerprint density at radius 2 is 1.57 bits per heavy atom. The monoisotopic (exact) mass is 506 g/mol. The van der Waals surface area contributed by atoms with Gasteiger partial charge >= 0.3 is 0 Å². The van der Waals surface area contributed by atoms with E-state index in [2.05, 4.69) is 4.90 Å². The van der Waals surface area contributed by atoms with E-state index in [9.17, 15) is 14.3 Å². The Hall–Kier alpha value is -3.94. The fraction of sp³-hybridized carbons (Fsp3) is 0.345. The third-order valence-corrected chi connectivity index (χ3v) is 7.71. The number of carbonyl (C=O) groups excluding carboxylic acids is 1. The highest BCUT2D eigenvalue weighted by atomic mass is 19.1. The van der Waals surface area contributed by atoms with Crippen LogP contribution >= 0.6 is 0 Å². The largest absolute Gasteiger partial charge is 0.508 e. The van der Waals surface area contributed by atoms with Gasteiger partial charge < -0.3 is 29.1 Å². The highest BCUT2D eigenvalue weighted by Gasteiger charge is 2.55. The Bertz CT molecular complexity index is 1260. The maximum Gasteiger partial charge on any atom is 0.254 e. The molecule has 1 unspecified atom stereocenters. The number of para-hydroxylation sites is 1. The molecule has 0 aromatic heterocycles. The van der Waals surface area contributed by atoms with Gasteiger partial charge in [-0.2, -0.15) is 0 Å². The highest BCUT2D eigenvalue weighted by molar-refractivity contribution is 5.95. The van der Waals surface area contributed by atoms with Crippen molar-refractivity contribution in [1.82, 2.24) is 4.90 Å². The Labute approximate surface area is 216 Å². The third kappa shape index (κ3) is 4.30. The topological polar surface area (TPSA) is 71.5 Å². The number of nitrogens with zero attached hydrogens (tertiary/aromatic N) is 2. The molecule has 3 aromatic rings. The second-order valence-corrected chi connectivity index (χ2v) is 9.64. The van der Waals surface area contributed by atoms with Gasteiger partial charge in [-0.3, -0.25) is 4.79 Å². The lowest BCUT2D eigenvalue weighted by Crippen LogP contribution is -2.63. The fourth-order valence-electron chi connectivity index (χ4n) is 5.81. The van der Waals surface area contributed by atoms with Crippen LogP contribution in [0.2, 0.25) is 0 Å². The average Bonchev–Trinajstić information content (AvgIpc) is 2.92. The molecule has 1 spiro atoms. The second-order valence-electron chi connectivity index (χ2n) is 9.64. The summed E-state index contributed by atoms with van der Waals surface area (Å²) in [6.45, 7) is 1.86. The lowest BCUT2D eigenvalue weighted by Gasteiger charge is -2.61. The second kappa shape index (κ2) is 9.84. The Balaban J connectivity index is 1.38. The molecular weight excluding hydrogens is 475 g/mol. The number of rotatable bonds is 6. The van der Waals surface area contributed by atoms with Crippen LogP contribution in [0.3, 0.4) is 0 Å². The molecular formula is C29H31FN2O5. The molecule has 37 heavy (non-hydrogen) atoms. The molecule has 2 saturated heterocycles. The van der Waals surface area contributed by atoms with Crippen LogP contribution in [0.15, 0.2) is 60.7 Å². The summed E-state index contributed by atoms with van der Waals surface area (Å²) in [5, 5.41) is 9.83. The van der Waals surface area contributed by atoms with Gasteiger partial charge in [-0.1, -0.05) is 24.3 Å². The van der Waals surface area contributed by atoms with Gasteiger partial charge in [0.1, 0.15) is 11.6 Å². The van der Waals surface area contributed by atoms with E-state index >= 15 is 0 Å². The van der Waals surface area contributed by atoms with Crippen LogP contribution in [0.1, 0.15) is 34.8 Å². The van der Waals surface area contributed by atoms with Crippen molar-refractivity contribution in [2.24, 2.45) is 5.41 Å². The van der Waals surface area contributed by atoms with E-state index in [0.717, 1.165) is 18.4 Å². The molecule has 0 aliphatic carbocycles. The van der Waals surface area contributed by atoms with Gasteiger partial charge in [0.2, 0.25) is 5.75 Å². The van der Waals surface area contributed by atoms with E-state index in [-0.39, 0.29) is 28.9 Å². The van der Waals surface area contributed by atoms with Crippen LogP contribution in [0.25, 0.3) is 0 Å². The maximum absolute atomic E-state index is 14.7. The first-order valence-corrected chi connectivity index (χ1v) is 12.3. The zero-order valence-electron chi connectivity index (χ0n) is 21.2. The van der Waals surface area contributed by atoms with Crippen molar-refractivity contribution < 1.29 is 28.5 Å². The van der Waals surface area contributed by atoms with E-state index in [0.29, 0.717) is 48.1 Å². The van der Waals surface area contributed by atoms with Crippen molar-refractivity contribution in [1.29, 1.82) is 0 Å².